The third-order valence-corrected chi connectivity index (χ3v) is 4.43. The van der Waals surface area contributed by atoms with Gasteiger partial charge in [-0.1, -0.05) is 12.1 Å². The number of ether oxygens (including phenoxy) is 1. The Balaban J connectivity index is 1.45. The highest BCUT2D eigenvalue weighted by Gasteiger charge is 2.21. The van der Waals surface area contributed by atoms with E-state index in [9.17, 15) is 4.79 Å². The molecular weight excluding hydrogens is 316 g/mol. The first-order valence-electron chi connectivity index (χ1n) is 8.56. The quantitative estimate of drug-likeness (QED) is 0.878. The summed E-state index contributed by atoms with van der Waals surface area (Å²) < 4.78 is 5.25. The van der Waals surface area contributed by atoms with Crippen molar-refractivity contribution in [3.05, 3.63) is 54.4 Å². The summed E-state index contributed by atoms with van der Waals surface area (Å²) in [5.41, 5.74) is 1.95. The molecule has 1 aromatic carbocycles. The number of likely N-dealkylation sites (tertiary alicyclic amines) is 1. The average Bonchev–Trinajstić information content (AvgIpc) is 2.64. The fourth-order valence-electron chi connectivity index (χ4n) is 3.07. The van der Waals surface area contributed by atoms with Crippen LogP contribution in [0, 0.1) is 0 Å². The number of carbonyl (C=O) groups excluding carboxylic acids is 1. The maximum absolute atomic E-state index is 12.2. The van der Waals surface area contributed by atoms with Crippen LogP contribution >= 0.6 is 0 Å². The number of amides is 2. The van der Waals surface area contributed by atoms with Crippen molar-refractivity contribution in [2.24, 2.45) is 0 Å². The number of hydrogen-bond acceptors (Lipinski definition) is 4. The minimum atomic E-state index is -0.183. The number of nitrogens with zero attached hydrogens (tertiary/aromatic N) is 2. The van der Waals surface area contributed by atoms with Crippen molar-refractivity contribution in [2.45, 2.75) is 25.4 Å². The molecular formula is C19H24N4O2. The fourth-order valence-corrected chi connectivity index (χ4v) is 3.07. The summed E-state index contributed by atoms with van der Waals surface area (Å²) in [5, 5.41) is 5.92. The van der Waals surface area contributed by atoms with Crippen LogP contribution in [-0.4, -0.2) is 42.2 Å². The second kappa shape index (κ2) is 8.48. The van der Waals surface area contributed by atoms with Gasteiger partial charge in [0.1, 0.15) is 5.75 Å². The van der Waals surface area contributed by atoms with E-state index >= 15 is 0 Å². The van der Waals surface area contributed by atoms with E-state index in [4.69, 9.17) is 4.74 Å². The van der Waals surface area contributed by atoms with E-state index in [1.807, 2.05) is 48.8 Å². The van der Waals surface area contributed by atoms with Crippen molar-refractivity contribution >= 4 is 11.7 Å². The number of carbonyl (C=O) groups is 1. The molecule has 0 radical (unpaired) electrons. The van der Waals surface area contributed by atoms with Crippen LogP contribution in [0.25, 0.3) is 0 Å². The lowest BCUT2D eigenvalue weighted by molar-refractivity contribution is 0.190. The molecule has 1 fully saturated rings. The van der Waals surface area contributed by atoms with Crippen molar-refractivity contribution in [3.63, 3.8) is 0 Å². The number of para-hydroxylation sites is 2. The summed E-state index contributed by atoms with van der Waals surface area (Å²) in [6.07, 6.45) is 5.55. The second-order valence-corrected chi connectivity index (χ2v) is 6.20. The minimum Gasteiger partial charge on any atom is -0.495 e. The van der Waals surface area contributed by atoms with Crippen molar-refractivity contribution in [3.8, 4) is 5.75 Å². The predicted molar refractivity (Wildman–Crippen MR) is 97.7 cm³/mol. The Labute approximate surface area is 148 Å². The smallest absolute Gasteiger partial charge is 0.319 e. The maximum Gasteiger partial charge on any atom is 0.319 e. The summed E-state index contributed by atoms with van der Waals surface area (Å²) in [6, 6.07) is 11.5. The summed E-state index contributed by atoms with van der Waals surface area (Å²) in [4.78, 5) is 18.7. The normalized spacial score (nSPS) is 15.6. The zero-order chi connectivity index (χ0) is 17.5. The third-order valence-electron chi connectivity index (χ3n) is 4.43. The Kier molecular flexibility index (Phi) is 5.85. The van der Waals surface area contributed by atoms with Gasteiger partial charge in [0.05, 0.1) is 12.8 Å². The van der Waals surface area contributed by atoms with Crippen LogP contribution in [-0.2, 0) is 6.54 Å². The van der Waals surface area contributed by atoms with Crippen LogP contribution in [0.1, 0.15) is 18.4 Å². The van der Waals surface area contributed by atoms with Crippen molar-refractivity contribution in [1.29, 1.82) is 0 Å². The van der Waals surface area contributed by atoms with Crippen LogP contribution in [0.15, 0.2) is 48.8 Å². The molecule has 25 heavy (non-hydrogen) atoms. The first-order valence-corrected chi connectivity index (χ1v) is 8.56. The minimum absolute atomic E-state index is 0.183. The first-order chi connectivity index (χ1) is 12.2. The Morgan fingerprint density at radius 2 is 1.92 bits per heavy atom. The Bertz CT molecular complexity index is 685. The number of piperidine rings is 1. The molecule has 0 spiro atoms. The van der Waals surface area contributed by atoms with Crippen molar-refractivity contribution in [1.82, 2.24) is 15.2 Å². The summed E-state index contributed by atoms with van der Waals surface area (Å²) in [5.74, 6) is 0.657. The number of anilines is 1. The molecule has 0 bridgehead atoms. The highest BCUT2D eigenvalue weighted by Crippen LogP contribution is 2.23. The van der Waals surface area contributed by atoms with Gasteiger partial charge in [0, 0.05) is 38.1 Å². The monoisotopic (exact) mass is 340 g/mol. The molecule has 1 aromatic heterocycles. The second-order valence-electron chi connectivity index (χ2n) is 6.20. The topological polar surface area (TPSA) is 66.5 Å². The Morgan fingerprint density at radius 1 is 1.20 bits per heavy atom. The van der Waals surface area contributed by atoms with Crippen LogP contribution in [0.3, 0.4) is 0 Å². The molecule has 1 aliphatic rings. The molecule has 0 unspecified atom stereocenters. The number of aromatic nitrogens is 1. The van der Waals surface area contributed by atoms with Gasteiger partial charge in [-0.2, -0.15) is 0 Å². The van der Waals surface area contributed by atoms with Gasteiger partial charge in [0.25, 0.3) is 0 Å². The molecule has 0 saturated carbocycles. The van der Waals surface area contributed by atoms with Gasteiger partial charge in [0.2, 0.25) is 0 Å². The highest BCUT2D eigenvalue weighted by atomic mass is 16.5. The third kappa shape index (κ3) is 4.93. The Morgan fingerprint density at radius 3 is 2.64 bits per heavy atom. The lowest BCUT2D eigenvalue weighted by Gasteiger charge is -2.32. The molecule has 1 saturated heterocycles. The highest BCUT2D eigenvalue weighted by molar-refractivity contribution is 5.91. The lowest BCUT2D eigenvalue weighted by Crippen LogP contribution is -2.45. The lowest BCUT2D eigenvalue weighted by atomic mass is 10.0. The molecule has 3 rings (SSSR count). The van der Waals surface area contributed by atoms with Gasteiger partial charge in [0.15, 0.2) is 0 Å². The van der Waals surface area contributed by atoms with E-state index in [2.05, 4.69) is 20.5 Å². The summed E-state index contributed by atoms with van der Waals surface area (Å²) in [7, 11) is 1.59. The number of hydrogen-bond donors (Lipinski definition) is 2. The van der Waals surface area contributed by atoms with Gasteiger partial charge in [-0.25, -0.2) is 4.79 Å². The van der Waals surface area contributed by atoms with Crippen LogP contribution < -0.4 is 15.4 Å². The summed E-state index contributed by atoms with van der Waals surface area (Å²) in [6.45, 7) is 2.88. The number of urea groups is 1. The number of rotatable bonds is 5. The predicted octanol–water partition coefficient (Wildman–Crippen LogP) is 2.88. The standard InChI is InChI=1S/C19H24N4O2/c1-25-18-5-3-2-4-17(18)22-19(24)21-16-8-12-23(13-9-16)14-15-6-10-20-11-7-15/h2-7,10-11,16H,8-9,12-14H2,1H3,(H2,21,22,24). The number of pyridine rings is 1. The Hall–Kier alpha value is -2.60. The molecule has 2 amide bonds. The van der Waals surface area contributed by atoms with E-state index in [1.165, 1.54) is 5.56 Å². The van der Waals surface area contributed by atoms with E-state index in [0.717, 1.165) is 32.5 Å². The molecule has 2 aromatic rings. The molecule has 132 valence electrons. The van der Waals surface area contributed by atoms with Crippen LogP contribution in [0.2, 0.25) is 0 Å². The number of benzene rings is 1. The van der Waals surface area contributed by atoms with Crippen LogP contribution in [0.5, 0.6) is 5.75 Å². The molecule has 6 nitrogen and oxygen atoms in total. The maximum atomic E-state index is 12.2. The van der Waals surface area contributed by atoms with Gasteiger partial charge >= 0.3 is 6.03 Å². The van der Waals surface area contributed by atoms with Crippen molar-refractivity contribution in [2.75, 3.05) is 25.5 Å². The molecule has 0 atom stereocenters. The zero-order valence-electron chi connectivity index (χ0n) is 14.4. The van der Waals surface area contributed by atoms with Crippen molar-refractivity contribution < 1.29 is 9.53 Å². The summed E-state index contributed by atoms with van der Waals surface area (Å²) >= 11 is 0. The van der Waals surface area contributed by atoms with Gasteiger partial charge in [-0.05, 0) is 42.7 Å². The van der Waals surface area contributed by atoms with E-state index in [-0.39, 0.29) is 12.1 Å². The SMILES string of the molecule is COc1ccccc1NC(=O)NC1CCN(Cc2ccncc2)CC1. The number of nitrogens with one attached hydrogen (secondary N) is 2. The molecule has 2 N–H and O–H groups in total. The van der Waals surface area contributed by atoms with Crippen LogP contribution in [0.4, 0.5) is 10.5 Å². The largest absolute Gasteiger partial charge is 0.495 e. The van der Waals surface area contributed by atoms with E-state index < -0.39 is 0 Å². The van der Waals surface area contributed by atoms with Gasteiger partial charge in [-0.15, -0.1) is 0 Å². The van der Waals surface area contributed by atoms with E-state index in [0.29, 0.717) is 11.4 Å². The molecule has 1 aliphatic heterocycles. The molecule has 0 aliphatic carbocycles. The fraction of sp³-hybridized carbons (Fsp3) is 0.368. The van der Waals surface area contributed by atoms with E-state index in [1.54, 1.807) is 7.11 Å². The van der Waals surface area contributed by atoms with Gasteiger partial charge < -0.3 is 15.4 Å². The molecule has 6 heteroatoms. The molecule has 2 heterocycles. The van der Waals surface area contributed by atoms with Gasteiger partial charge in [-0.3, -0.25) is 9.88 Å². The average molecular weight is 340 g/mol. The zero-order valence-corrected chi connectivity index (χ0v) is 14.4. The number of methoxy groups -OCH3 is 1. The first kappa shape index (κ1) is 17.2.